The molecule has 2 atom stereocenters. The number of alkyl halides is 3. The zero-order chi connectivity index (χ0) is 32.7. The maximum atomic E-state index is 13.6. The van der Waals surface area contributed by atoms with E-state index in [1.807, 2.05) is 24.3 Å². The van der Waals surface area contributed by atoms with Gasteiger partial charge in [0.25, 0.3) is 0 Å². The van der Waals surface area contributed by atoms with Crippen molar-refractivity contribution in [2.24, 2.45) is 0 Å². The molecule has 2 saturated heterocycles. The summed E-state index contributed by atoms with van der Waals surface area (Å²) < 4.78 is 52.2. The molecule has 238 valence electrons. The van der Waals surface area contributed by atoms with Gasteiger partial charge in [-0.15, -0.1) is 0 Å². The fourth-order valence-corrected chi connectivity index (χ4v) is 5.81. The van der Waals surface area contributed by atoms with Crippen LogP contribution in [0.3, 0.4) is 0 Å². The summed E-state index contributed by atoms with van der Waals surface area (Å²) in [5.41, 5.74) is 3.13. The standard InChI is InChI=1S/C34H31F3N4O5/c1-19-13-23(15-24(14-19)34(35,36)37)31-20(2)41(33(44)46-31)18-28-25(7-10-30(39-28)40-11-4-12-40)26-16-21(6-9-29(26)45-3)27-8-5-22(17-38-27)32(42)43/h5-10,13-17,20,31H,4,11-12,18H2,1-3H3,(H,42,43)/t20-,31-/m0/s1. The first-order valence-corrected chi connectivity index (χ1v) is 14.7. The van der Waals surface area contributed by atoms with Gasteiger partial charge in [0.05, 0.1) is 42.2 Å². The van der Waals surface area contributed by atoms with Gasteiger partial charge < -0.3 is 19.5 Å². The molecule has 2 aromatic heterocycles. The highest BCUT2D eigenvalue weighted by Crippen LogP contribution is 2.40. The summed E-state index contributed by atoms with van der Waals surface area (Å²) in [5.74, 6) is 0.212. The van der Waals surface area contributed by atoms with Gasteiger partial charge in [-0.25, -0.2) is 14.6 Å². The van der Waals surface area contributed by atoms with E-state index in [4.69, 9.17) is 14.5 Å². The van der Waals surface area contributed by atoms with Gasteiger partial charge in [-0.3, -0.25) is 9.88 Å². The number of carboxylic acid groups (broad SMARTS) is 1. The van der Waals surface area contributed by atoms with E-state index in [1.54, 1.807) is 39.2 Å². The predicted octanol–water partition coefficient (Wildman–Crippen LogP) is 7.14. The SMILES string of the molecule is COc1ccc(-c2ccc(C(=O)O)cn2)cc1-c1ccc(N2CCC2)nc1CN1C(=O)O[C@H](c2cc(C)cc(C(F)(F)F)c2)[C@@H]1C. The van der Waals surface area contributed by atoms with Crippen molar-refractivity contribution in [3.63, 3.8) is 0 Å². The number of rotatable bonds is 8. The first-order valence-electron chi connectivity index (χ1n) is 14.7. The first-order chi connectivity index (χ1) is 21.9. The minimum Gasteiger partial charge on any atom is -0.496 e. The fourth-order valence-electron chi connectivity index (χ4n) is 5.81. The molecule has 1 amide bonds. The summed E-state index contributed by atoms with van der Waals surface area (Å²) in [6.45, 7) is 5.05. The van der Waals surface area contributed by atoms with Crippen LogP contribution in [-0.2, 0) is 17.5 Å². The topological polar surface area (TPSA) is 105 Å². The van der Waals surface area contributed by atoms with Gasteiger partial charge in [-0.1, -0.05) is 11.6 Å². The van der Waals surface area contributed by atoms with Crippen molar-refractivity contribution >= 4 is 17.9 Å². The zero-order valence-corrected chi connectivity index (χ0v) is 25.3. The highest BCUT2D eigenvalue weighted by Gasteiger charge is 2.41. The van der Waals surface area contributed by atoms with E-state index in [9.17, 15) is 27.9 Å². The number of anilines is 1. The lowest BCUT2D eigenvalue weighted by Crippen LogP contribution is -2.38. The van der Waals surface area contributed by atoms with Gasteiger partial charge in [-0.05, 0) is 80.4 Å². The summed E-state index contributed by atoms with van der Waals surface area (Å²) in [6.07, 6.45) is -3.77. The quantitative estimate of drug-likeness (QED) is 0.219. The zero-order valence-electron chi connectivity index (χ0n) is 25.3. The molecule has 12 heteroatoms. The second-order valence-electron chi connectivity index (χ2n) is 11.5. The van der Waals surface area contributed by atoms with Crippen LogP contribution in [0.15, 0.2) is 66.9 Å². The Morgan fingerprint density at radius 3 is 2.48 bits per heavy atom. The molecule has 6 rings (SSSR count). The fraction of sp³-hybridized carbons (Fsp3) is 0.294. The molecule has 0 saturated carbocycles. The maximum Gasteiger partial charge on any atom is 0.416 e. The number of amides is 1. The summed E-state index contributed by atoms with van der Waals surface area (Å²) >= 11 is 0. The molecule has 0 bridgehead atoms. The molecule has 2 aromatic carbocycles. The third-order valence-corrected chi connectivity index (χ3v) is 8.40. The Bertz CT molecular complexity index is 1810. The highest BCUT2D eigenvalue weighted by molar-refractivity contribution is 5.87. The lowest BCUT2D eigenvalue weighted by atomic mass is 9.97. The molecular weight excluding hydrogens is 601 g/mol. The van der Waals surface area contributed by atoms with Gasteiger partial charge in [0.1, 0.15) is 17.7 Å². The largest absolute Gasteiger partial charge is 0.496 e. The monoisotopic (exact) mass is 632 g/mol. The number of pyridine rings is 2. The summed E-state index contributed by atoms with van der Waals surface area (Å²) in [6, 6.07) is 15.5. The molecule has 2 aliphatic rings. The molecule has 2 aliphatic heterocycles. The van der Waals surface area contributed by atoms with Crippen molar-refractivity contribution < 1.29 is 37.3 Å². The van der Waals surface area contributed by atoms with Crippen LogP contribution in [0.4, 0.5) is 23.8 Å². The van der Waals surface area contributed by atoms with Crippen LogP contribution in [0, 0.1) is 6.92 Å². The number of aryl methyl sites for hydroxylation is 1. The number of cyclic esters (lactones) is 1. The van der Waals surface area contributed by atoms with E-state index in [-0.39, 0.29) is 17.7 Å². The Morgan fingerprint density at radius 1 is 1.07 bits per heavy atom. The Morgan fingerprint density at radius 2 is 1.85 bits per heavy atom. The van der Waals surface area contributed by atoms with Crippen LogP contribution >= 0.6 is 0 Å². The van der Waals surface area contributed by atoms with Gasteiger partial charge in [0.2, 0.25) is 0 Å². The number of ether oxygens (including phenoxy) is 2. The van der Waals surface area contributed by atoms with Crippen LogP contribution < -0.4 is 9.64 Å². The molecule has 0 radical (unpaired) electrons. The average molecular weight is 633 g/mol. The number of hydrogen-bond acceptors (Lipinski definition) is 7. The molecule has 1 N–H and O–H groups in total. The van der Waals surface area contributed by atoms with E-state index >= 15 is 0 Å². The van der Waals surface area contributed by atoms with Crippen molar-refractivity contribution in [1.82, 2.24) is 14.9 Å². The summed E-state index contributed by atoms with van der Waals surface area (Å²) in [7, 11) is 1.54. The number of carbonyl (C=O) groups is 2. The minimum absolute atomic E-state index is 0.0321. The number of halogens is 3. The van der Waals surface area contributed by atoms with Crippen molar-refractivity contribution in [2.45, 2.75) is 45.1 Å². The van der Waals surface area contributed by atoms with E-state index in [2.05, 4.69) is 9.88 Å². The molecule has 4 aromatic rings. The van der Waals surface area contributed by atoms with Crippen LogP contribution in [0.25, 0.3) is 22.4 Å². The Labute approximate surface area is 263 Å². The van der Waals surface area contributed by atoms with Gasteiger partial charge >= 0.3 is 18.2 Å². The molecule has 4 heterocycles. The van der Waals surface area contributed by atoms with Crippen molar-refractivity contribution in [3.8, 4) is 28.1 Å². The van der Waals surface area contributed by atoms with Crippen molar-refractivity contribution in [2.75, 3.05) is 25.1 Å². The van der Waals surface area contributed by atoms with Gasteiger partial charge in [0, 0.05) is 36.0 Å². The third kappa shape index (κ3) is 5.94. The lowest BCUT2D eigenvalue weighted by molar-refractivity contribution is -0.137. The van der Waals surface area contributed by atoms with Crippen LogP contribution in [0.1, 0.15) is 52.2 Å². The van der Waals surface area contributed by atoms with E-state index < -0.39 is 35.9 Å². The maximum absolute atomic E-state index is 13.6. The number of aromatic carboxylic acids is 1. The molecule has 2 fully saturated rings. The summed E-state index contributed by atoms with van der Waals surface area (Å²) in [4.78, 5) is 37.5. The highest BCUT2D eigenvalue weighted by atomic mass is 19.4. The third-order valence-electron chi connectivity index (χ3n) is 8.40. The van der Waals surface area contributed by atoms with Crippen LogP contribution in [-0.4, -0.2) is 58.3 Å². The average Bonchev–Trinajstić information content (AvgIpc) is 3.28. The van der Waals surface area contributed by atoms with Crippen LogP contribution in [0.2, 0.25) is 0 Å². The predicted molar refractivity (Wildman–Crippen MR) is 164 cm³/mol. The molecule has 0 spiro atoms. The number of carboxylic acids is 1. The Hall–Kier alpha value is -5.13. The molecule has 46 heavy (non-hydrogen) atoms. The number of benzene rings is 2. The number of hydrogen-bond donors (Lipinski definition) is 1. The summed E-state index contributed by atoms with van der Waals surface area (Å²) in [5, 5.41) is 9.26. The normalized spacial score (nSPS) is 17.9. The van der Waals surface area contributed by atoms with Crippen LogP contribution in [0.5, 0.6) is 5.75 Å². The number of aromatic nitrogens is 2. The van der Waals surface area contributed by atoms with Gasteiger partial charge in [-0.2, -0.15) is 13.2 Å². The molecular formula is C34H31F3N4O5. The number of methoxy groups -OCH3 is 1. The van der Waals surface area contributed by atoms with Crippen molar-refractivity contribution in [1.29, 1.82) is 0 Å². The van der Waals surface area contributed by atoms with E-state index in [0.29, 0.717) is 39.4 Å². The number of nitrogens with zero attached hydrogens (tertiary/aromatic N) is 4. The Kier molecular flexibility index (Phi) is 8.05. The second kappa shape index (κ2) is 12.0. The second-order valence-corrected chi connectivity index (χ2v) is 11.5. The number of carbonyl (C=O) groups excluding carboxylic acids is 1. The van der Waals surface area contributed by atoms with E-state index in [1.165, 1.54) is 17.2 Å². The first kappa shape index (κ1) is 30.9. The van der Waals surface area contributed by atoms with Gasteiger partial charge in [0.15, 0.2) is 0 Å². The molecule has 0 unspecified atom stereocenters. The lowest BCUT2D eigenvalue weighted by Gasteiger charge is -2.33. The van der Waals surface area contributed by atoms with Crippen molar-refractivity contribution in [3.05, 3.63) is 94.8 Å². The van der Waals surface area contributed by atoms with E-state index in [0.717, 1.165) is 37.5 Å². The molecule has 0 aliphatic carbocycles. The molecule has 9 nitrogen and oxygen atoms in total. The smallest absolute Gasteiger partial charge is 0.416 e. The minimum atomic E-state index is -4.54. The Balaban J connectivity index is 1.38.